The minimum Gasteiger partial charge on any atom is -0.508 e. The van der Waals surface area contributed by atoms with Crippen molar-refractivity contribution in [2.45, 2.75) is 106 Å². The predicted octanol–water partition coefficient (Wildman–Crippen LogP) is 11.0. The van der Waals surface area contributed by atoms with E-state index >= 15 is 4.79 Å². The molecule has 0 radical (unpaired) electrons. The van der Waals surface area contributed by atoms with Crippen molar-refractivity contribution in [3.8, 4) is 28.7 Å². The first-order valence-corrected chi connectivity index (χ1v) is 31.4. The zero-order valence-corrected chi connectivity index (χ0v) is 46.1. The number of H-pyrrole nitrogens is 1. The van der Waals surface area contributed by atoms with Gasteiger partial charge in [-0.25, -0.2) is 0 Å². The SMILES string of the molecule is CCc1ccc2cccc3c2c1Cc1c(ccc(O)c1OC)CC(Cc1cc[nH]c1)C(O)C1C(=O)C(c2cc(O)cc(CNC)c2)(C2CSSCC4CCCCC4Oc4cc2ccc4O)C(O)CC1CSSC3CO. The van der Waals surface area contributed by atoms with Gasteiger partial charge in [0.15, 0.2) is 28.8 Å². The van der Waals surface area contributed by atoms with Crippen LogP contribution in [0.5, 0.6) is 28.7 Å². The number of aromatic nitrogens is 1. The van der Waals surface area contributed by atoms with E-state index in [2.05, 4.69) is 41.5 Å². The van der Waals surface area contributed by atoms with Crippen LogP contribution in [-0.4, -0.2) is 97.7 Å². The van der Waals surface area contributed by atoms with E-state index < -0.39 is 41.3 Å². The van der Waals surface area contributed by atoms with E-state index in [-0.39, 0.29) is 53.3 Å². The second kappa shape index (κ2) is 23.7. The molecule has 10 rings (SSSR count). The lowest BCUT2D eigenvalue weighted by molar-refractivity contribution is -0.150. The van der Waals surface area contributed by atoms with Crippen molar-refractivity contribution in [1.82, 2.24) is 10.3 Å². The highest BCUT2D eigenvalue weighted by molar-refractivity contribution is 8.77. The highest BCUT2D eigenvalue weighted by atomic mass is 33.1. The number of Topliss-reactive ketones (excluding diaryl/α,β-unsaturated/α-hetero) is 1. The van der Waals surface area contributed by atoms with Gasteiger partial charge in [-0.3, -0.25) is 4.79 Å². The van der Waals surface area contributed by atoms with E-state index in [0.29, 0.717) is 59.9 Å². The van der Waals surface area contributed by atoms with E-state index in [1.165, 1.54) is 0 Å². The Morgan fingerprint density at radius 2 is 1.68 bits per heavy atom. The molecule has 6 aromatic rings. The predicted molar refractivity (Wildman–Crippen MR) is 306 cm³/mol. The fourth-order valence-corrected chi connectivity index (χ4v) is 18.9. The molecule has 5 aromatic carbocycles. The Morgan fingerprint density at radius 3 is 2.47 bits per heavy atom. The molecule has 0 spiro atoms. The molecule has 75 heavy (non-hydrogen) atoms. The standard InChI is InChI=1S/C60H70N2O9S4/c1-4-36-12-13-37-9-7-10-45-53(30-63)75-74-32-42-25-54(67)60(43-21-35(28-61-2)22-44(64)26-43,48-33-73-72-31-40-8-5-6-11-51(40)71-52-24-39(48)15-16-49(52)65)59(69)56(42)57(68)41(20-34-18-19-62-29-34)23-38-14-17-50(66)58(70-3)47(38)27-46(36)55(37)45/h7,9-10,12-19,21-22,24,26,29,40-42,48,51,53-54,56-57,61-68H,4-6,8,11,20,23,25,27-28,30-33H2,1-3H3. The van der Waals surface area contributed by atoms with Gasteiger partial charge in [-0.1, -0.05) is 105 Å². The number of aryl methyl sites for hydroxylation is 1. The highest BCUT2D eigenvalue weighted by Crippen LogP contribution is 2.57. The van der Waals surface area contributed by atoms with E-state index in [1.54, 1.807) is 74.6 Å². The van der Waals surface area contributed by atoms with Crippen LogP contribution in [0.15, 0.2) is 97.3 Å². The number of methoxy groups -OCH3 is 1. The Labute approximate surface area is 456 Å². The zero-order valence-electron chi connectivity index (χ0n) is 42.9. The molecule has 0 saturated heterocycles. The number of carbonyl (C=O) groups is 1. The number of hydrogen-bond donors (Lipinski definition) is 8. The molecule has 2 aliphatic heterocycles. The Balaban J connectivity index is 1.18. The first kappa shape index (κ1) is 53.9. The summed E-state index contributed by atoms with van der Waals surface area (Å²) in [6.07, 6.45) is 7.23. The Kier molecular flexibility index (Phi) is 17.0. The molecule has 398 valence electrons. The second-order valence-electron chi connectivity index (χ2n) is 21.1. The van der Waals surface area contributed by atoms with Crippen LogP contribution in [-0.2, 0) is 42.4 Å². The van der Waals surface area contributed by atoms with Crippen molar-refractivity contribution in [2.75, 3.05) is 38.0 Å². The average molecular weight is 1090 g/mol. The molecule has 0 amide bonds. The number of fused-ring (bicyclic) bond motifs is 5. The topological polar surface area (TPSA) is 185 Å². The van der Waals surface area contributed by atoms with Crippen LogP contribution in [0, 0.1) is 23.7 Å². The highest BCUT2D eigenvalue weighted by Gasteiger charge is 2.61. The molecule has 11 nitrogen and oxygen atoms in total. The maximum absolute atomic E-state index is 17.1. The van der Waals surface area contributed by atoms with Gasteiger partial charge in [-0.2, -0.15) is 0 Å². The van der Waals surface area contributed by atoms with Crippen molar-refractivity contribution in [1.29, 1.82) is 0 Å². The number of ether oxygens (including phenoxy) is 2. The number of phenols is 3. The van der Waals surface area contributed by atoms with Gasteiger partial charge in [0.05, 0.1) is 36.6 Å². The van der Waals surface area contributed by atoms with E-state index in [9.17, 15) is 30.6 Å². The van der Waals surface area contributed by atoms with Crippen molar-refractivity contribution in [2.24, 2.45) is 23.7 Å². The molecule has 8 N–H and O–H groups in total. The van der Waals surface area contributed by atoms with Crippen LogP contribution in [0.25, 0.3) is 10.8 Å². The maximum Gasteiger partial charge on any atom is 0.164 e. The number of rotatable bonds is 9. The minimum atomic E-state index is -1.71. The number of ketones is 1. The van der Waals surface area contributed by atoms with Gasteiger partial charge in [0.1, 0.15) is 11.9 Å². The van der Waals surface area contributed by atoms with Crippen LogP contribution < -0.4 is 14.8 Å². The summed E-state index contributed by atoms with van der Waals surface area (Å²) in [5.74, 6) is -0.597. The number of phenolic OH excluding ortho intramolecular Hbond substituents is 3. The fraction of sp³-hybridized carbons (Fsp3) is 0.450. The molecule has 10 unspecified atom stereocenters. The van der Waals surface area contributed by atoms with Crippen LogP contribution in [0.4, 0.5) is 0 Å². The van der Waals surface area contributed by atoms with Crippen LogP contribution in [0.3, 0.4) is 0 Å². The van der Waals surface area contributed by atoms with Crippen molar-refractivity contribution < 1.29 is 44.9 Å². The summed E-state index contributed by atoms with van der Waals surface area (Å²) < 4.78 is 12.8. The molecule has 2 fully saturated rings. The summed E-state index contributed by atoms with van der Waals surface area (Å²) in [7, 11) is 9.91. The zero-order chi connectivity index (χ0) is 52.4. The Bertz CT molecular complexity index is 2970. The molecular weight excluding hydrogens is 1020 g/mol. The van der Waals surface area contributed by atoms with Gasteiger partial charge in [-0.15, -0.1) is 0 Å². The monoisotopic (exact) mass is 1090 g/mol. The third kappa shape index (κ3) is 10.7. The summed E-state index contributed by atoms with van der Waals surface area (Å²) in [5, 5.41) is 78.1. The van der Waals surface area contributed by atoms with Gasteiger partial charge < -0.3 is 50.4 Å². The first-order valence-electron chi connectivity index (χ1n) is 26.5. The molecule has 4 aliphatic rings. The average Bonchev–Trinajstić information content (AvgIpc) is 3.93. The third-order valence-corrected chi connectivity index (χ3v) is 22.2. The number of aromatic hydroxyl groups is 3. The van der Waals surface area contributed by atoms with Crippen molar-refractivity contribution in [3.63, 3.8) is 0 Å². The lowest BCUT2D eigenvalue weighted by Gasteiger charge is -2.52. The van der Waals surface area contributed by atoms with Gasteiger partial charge in [-0.05, 0) is 156 Å². The quantitative estimate of drug-likeness (QED) is 0.0640. The number of hydrogen-bond acceptors (Lipinski definition) is 14. The Morgan fingerprint density at radius 1 is 0.867 bits per heavy atom. The number of benzene rings is 5. The summed E-state index contributed by atoms with van der Waals surface area (Å²) in [4.78, 5) is 20.3. The molecule has 2 bridgehead atoms. The first-order chi connectivity index (χ1) is 36.5. The fourth-order valence-electron chi connectivity index (χ4n) is 13.1. The Hall–Kier alpha value is -4.45. The van der Waals surface area contributed by atoms with Gasteiger partial charge in [0.2, 0.25) is 0 Å². The van der Waals surface area contributed by atoms with E-state index in [0.717, 1.165) is 87.6 Å². The third-order valence-electron chi connectivity index (χ3n) is 16.8. The van der Waals surface area contributed by atoms with Crippen LogP contribution in [0.1, 0.15) is 100 Å². The molecular formula is C60H70N2O9S4. The summed E-state index contributed by atoms with van der Waals surface area (Å²) >= 11 is 0. The van der Waals surface area contributed by atoms with E-state index in [1.807, 2.05) is 55.8 Å². The summed E-state index contributed by atoms with van der Waals surface area (Å²) in [6, 6.07) is 26.7. The normalized spacial score (nSPS) is 27.6. The van der Waals surface area contributed by atoms with Crippen LogP contribution in [0.2, 0.25) is 0 Å². The van der Waals surface area contributed by atoms with Gasteiger partial charge in [0, 0.05) is 65.9 Å². The number of aliphatic hydroxyl groups is 3. The maximum atomic E-state index is 17.1. The number of carbonyl (C=O) groups excluding carboxylic acids is 1. The largest absolute Gasteiger partial charge is 0.508 e. The van der Waals surface area contributed by atoms with Gasteiger partial charge >= 0.3 is 0 Å². The molecule has 2 saturated carbocycles. The van der Waals surface area contributed by atoms with Gasteiger partial charge in [0.25, 0.3) is 0 Å². The molecule has 15 heteroatoms. The molecule has 1 aromatic heterocycles. The summed E-state index contributed by atoms with van der Waals surface area (Å²) in [5.41, 5.74) is 6.00. The van der Waals surface area contributed by atoms with Crippen molar-refractivity contribution in [3.05, 3.63) is 147 Å². The van der Waals surface area contributed by atoms with Crippen molar-refractivity contribution >= 4 is 59.7 Å². The number of nitrogens with one attached hydrogen (secondary N) is 2. The lowest BCUT2D eigenvalue weighted by atomic mass is 9.52. The van der Waals surface area contributed by atoms with E-state index in [4.69, 9.17) is 9.47 Å². The smallest absolute Gasteiger partial charge is 0.164 e. The second-order valence-corrected chi connectivity index (χ2v) is 26.3. The number of aliphatic hydroxyl groups excluding tert-OH is 3. The minimum absolute atomic E-state index is 0.000334. The van der Waals surface area contributed by atoms with Crippen LogP contribution >= 0.6 is 43.2 Å². The lowest BCUT2D eigenvalue weighted by Crippen LogP contribution is -2.62. The molecule has 3 heterocycles. The molecule has 10 atom stereocenters. The number of aromatic amines is 1. The molecule has 2 aliphatic carbocycles. The summed E-state index contributed by atoms with van der Waals surface area (Å²) in [6.45, 7) is 2.37.